The predicted octanol–water partition coefficient (Wildman–Crippen LogP) is 4.11. The molecule has 1 atom stereocenters. The van der Waals surface area contributed by atoms with Crippen LogP contribution in [0.4, 0.5) is 26.3 Å². The number of ether oxygens (including phenoxy) is 2. The molecular weight excluding hydrogens is 278 g/mol. The normalized spacial score (nSPS) is 14.3. The van der Waals surface area contributed by atoms with Crippen LogP contribution in [0.25, 0.3) is 0 Å². The summed E-state index contributed by atoms with van der Waals surface area (Å²) in [5, 5.41) is 0. The van der Waals surface area contributed by atoms with Crippen LogP contribution in [0.15, 0.2) is 18.2 Å². The summed E-state index contributed by atoms with van der Waals surface area (Å²) in [5.41, 5.74) is 1.08. The van der Waals surface area contributed by atoms with Crippen LogP contribution in [-0.2, 0) is 4.74 Å². The Morgan fingerprint density at radius 3 is 1.84 bits per heavy atom. The third kappa shape index (κ3) is 4.98. The van der Waals surface area contributed by atoms with Crippen molar-refractivity contribution in [2.75, 3.05) is 0 Å². The maximum atomic E-state index is 13.1. The molecule has 0 radical (unpaired) electrons. The lowest BCUT2D eigenvalue weighted by molar-refractivity contribution is -0.411. The number of halogens is 6. The molecule has 0 fully saturated rings. The van der Waals surface area contributed by atoms with E-state index in [2.05, 4.69) is 9.47 Å². The van der Waals surface area contributed by atoms with Gasteiger partial charge in [-0.25, -0.2) is 9.13 Å². The van der Waals surface area contributed by atoms with Crippen molar-refractivity contribution in [1.29, 1.82) is 0 Å². The van der Waals surface area contributed by atoms with Crippen molar-refractivity contribution >= 4 is 0 Å². The lowest BCUT2D eigenvalue weighted by Crippen LogP contribution is -2.41. The van der Waals surface area contributed by atoms with Crippen molar-refractivity contribution in [2.45, 2.75) is 32.7 Å². The summed E-state index contributed by atoms with van der Waals surface area (Å²) in [6.07, 6.45) is -14.2. The first-order valence-electron chi connectivity index (χ1n) is 5.03. The summed E-state index contributed by atoms with van der Waals surface area (Å²) in [6.45, 7) is 3.13. The predicted molar refractivity (Wildman–Crippen MR) is 53.5 cm³/mol. The molecule has 1 aromatic carbocycles. The van der Waals surface area contributed by atoms with Gasteiger partial charge in [-0.15, -0.1) is 13.2 Å². The molecule has 2 nitrogen and oxygen atoms in total. The molecule has 0 aliphatic heterocycles. The number of benzene rings is 1. The van der Waals surface area contributed by atoms with Gasteiger partial charge in [0.25, 0.3) is 0 Å². The van der Waals surface area contributed by atoms with Crippen molar-refractivity contribution in [1.82, 2.24) is 0 Å². The van der Waals surface area contributed by atoms with Gasteiger partial charge >= 0.3 is 18.8 Å². The highest BCUT2D eigenvalue weighted by atomic mass is 19.4. The van der Waals surface area contributed by atoms with Crippen molar-refractivity contribution < 1.29 is 35.8 Å². The first-order chi connectivity index (χ1) is 8.49. The minimum Gasteiger partial charge on any atom is -0.429 e. The molecule has 0 bridgehead atoms. The first-order valence-corrected chi connectivity index (χ1v) is 5.03. The van der Waals surface area contributed by atoms with Gasteiger partial charge in [-0.2, -0.15) is 8.78 Å². The van der Waals surface area contributed by atoms with E-state index in [1.165, 1.54) is 0 Å². The highest BCUT2D eigenvalue weighted by Gasteiger charge is 2.50. The zero-order chi connectivity index (χ0) is 14.8. The summed E-state index contributed by atoms with van der Waals surface area (Å²) in [5.74, 6) is -0.448. The molecule has 1 rings (SSSR count). The SMILES string of the molecule is Cc1cc(C)cc(OC(F)(F)C(F)OC(F)(F)F)c1. The summed E-state index contributed by atoms with van der Waals surface area (Å²) in [6, 6.07) is 3.91. The quantitative estimate of drug-likeness (QED) is 0.776. The molecular formula is C11H10F6O2. The van der Waals surface area contributed by atoms with Crippen molar-refractivity contribution in [3.8, 4) is 5.75 Å². The zero-order valence-electron chi connectivity index (χ0n) is 9.89. The van der Waals surface area contributed by atoms with Gasteiger partial charge in [0.15, 0.2) is 0 Å². The topological polar surface area (TPSA) is 18.5 Å². The molecule has 108 valence electrons. The van der Waals surface area contributed by atoms with Gasteiger partial charge in [-0.3, -0.25) is 0 Å². The number of hydrogen-bond donors (Lipinski definition) is 0. The fourth-order valence-corrected chi connectivity index (χ4v) is 1.38. The van der Waals surface area contributed by atoms with E-state index in [1.54, 1.807) is 19.9 Å². The molecule has 0 saturated heterocycles. The molecule has 0 N–H and O–H groups in total. The highest BCUT2D eigenvalue weighted by molar-refractivity contribution is 5.33. The Hall–Kier alpha value is -1.44. The van der Waals surface area contributed by atoms with Gasteiger partial charge in [0.2, 0.25) is 0 Å². The number of rotatable bonds is 4. The van der Waals surface area contributed by atoms with Crippen molar-refractivity contribution in [3.63, 3.8) is 0 Å². The van der Waals surface area contributed by atoms with E-state index in [9.17, 15) is 26.3 Å². The van der Waals surface area contributed by atoms with E-state index < -0.39 is 24.6 Å². The first kappa shape index (κ1) is 15.6. The molecule has 0 amide bonds. The second-order valence-electron chi connectivity index (χ2n) is 3.87. The van der Waals surface area contributed by atoms with Crippen LogP contribution in [0.3, 0.4) is 0 Å². The Labute approximate surface area is 104 Å². The Morgan fingerprint density at radius 2 is 1.42 bits per heavy atom. The van der Waals surface area contributed by atoms with Crippen LogP contribution in [-0.4, -0.2) is 18.8 Å². The maximum Gasteiger partial charge on any atom is 0.525 e. The van der Waals surface area contributed by atoms with E-state index in [-0.39, 0.29) is 0 Å². The van der Waals surface area contributed by atoms with Gasteiger partial charge in [-0.05, 0) is 37.1 Å². The van der Waals surface area contributed by atoms with Gasteiger partial charge < -0.3 is 4.74 Å². The molecule has 19 heavy (non-hydrogen) atoms. The Kier molecular flexibility index (Phi) is 4.34. The lowest BCUT2D eigenvalue weighted by atomic mass is 10.1. The molecule has 8 heteroatoms. The maximum absolute atomic E-state index is 13.1. The summed E-state index contributed by atoms with van der Waals surface area (Å²) in [7, 11) is 0. The highest BCUT2D eigenvalue weighted by Crippen LogP contribution is 2.32. The smallest absolute Gasteiger partial charge is 0.429 e. The lowest BCUT2D eigenvalue weighted by Gasteiger charge is -2.22. The average molecular weight is 288 g/mol. The fourth-order valence-electron chi connectivity index (χ4n) is 1.38. The van der Waals surface area contributed by atoms with Crippen LogP contribution in [0, 0.1) is 13.8 Å². The molecule has 0 aliphatic carbocycles. The fraction of sp³-hybridized carbons (Fsp3) is 0.455. The van der Waals surface area contributed by atoms with E-state index in [1.807, 2.05) is 0 Å². The Balaban J connectivity index is 2.83. The molecule has 1 aromatic rings. The zero-order valence-corrected chi connectivity index (χ0v) is 9.89. The third-order valence-corrected chi connectivity index (χ3v) is 1.95. The largest absolute Gasteiger partial charge is 0.525 e. The summed E-state index contributed by atoms with van der Waals surface area (Å²) < 4.78 is 80.4. The van der Waals surface area contributed by atoms with E-state index >= 15 is 0 Å². The van der Waals surface area contributed by atoms with Gasteiger partial charge in [-0.1, -0.05) is 6.07 Å². The minimum atomic E-state index is -5.52. The number of aryl methyl sites for hydroxylation is 2. The van der Waals surface area contributed by atoms with Crippen LogP contribution in [0.5, 0.6) is 5.75 Å². The molecule has 0 saturated carbocycles. The molecule has 0 aromatic heterocycles. The van der Waals surface area contributed by atoms with Crippen LogP contribution >= 0.6 is 0 Å². The average Bonchev–Trinajstić information content (AvgIpc) is 2.11. The van der Waals surface area contributed by atoms with Gasteiger partial charge in [0, 0.05) is 0 Å². The van der Waals surface area contributed by atoms with Crippen LogP contribution < -0.4 is 4.74 Å². The second-order valence-corrected chi connectivity index (χ2v) is 3.87. The van der Waals surface area contributed by atoms with Crippen molar-refractivity contribution in [2.24, 2.45) is 0 Å². The number of alkyl halides is 6. The molecule has 0 aliphatic rings. The second kappa shape index (κ2) is 5.28. The molecule has 0 heterocycles. The standard InChI is InChI=1S/C11H10F6O2/c1-6-3-7(2)5-8(4-6)18-10(13,14)9(12)19-11(15,16)17/h3-5,9H,1-2H3. The van der Waals surface area contributed by atoms with E-state index in [0.717, 1.165) is 12.1 Å². The van der Waals surface area contributed by atoms with E-state index in [4.69, 9.17) is 0 Å². The minimum absolute atomic E-state index is 0.448. The monoisotopic (exact) mass is 288 g/mol. The Bertz CT molecular complexity index is 423. The van der Waals surface area contributed by atoms with Gasteiger partial charge in [0.1, 0.15) is 5.75 Å². The Morgan fingerprint density at radius 1 is 0.947 bits per heavy atom. The molecule has 0 spiro atoms. The van der Waals surface area contributed by atoms with Crippen molar-refractivity contribution in [3.05, 3.63) is 29.3 Å². The summed E-state index contributed by atoms with van der Waals surface area (Å²) >= 11 is 0. The summed E-state index contributed by atoms with van der Waals surface area (Å²) in [4.78, 5) is 0. The van der Waals surface area contributed by atoms with Crippen LogP contribution in [0.2, 0.25) is 0 Å². The molecule has 1 unspecified atom stereocenters. The van der Waals surface area contributed by atoms with Gasteiger partial charge in [0.05, 0.1) is 0 Å². The van der Waals surface area contributed by atoms with Crippen LogP contribution in [0.1, 0.15) is 11.1 Å². The third-order valence-electron chi connectivity index (χ3n) is 1.95. The number of hydrogen-bond acceptors (Lipinski definition) is 2. The van der Waals surface area contributed by atoms with E-state index in [0.29, 0.717) is 11.1 Å².